The molecule has 0 atom stereocenters. The molecule has 1 fully saturated rings. The van der Waals surface area contributed by atoms with E-state index in [1.165, 1.54) is 16.3 Å². The fourth-order valence-corrected chi connectivity index (χ4v) is 3.10. The van der Waals surface area contributed by atoms with Gasteiger partial charge >= 0.3 is 5.97 Å². The van der Waals surface area contributed by atoms with Gasteiger partial charge in [0, 0.05) is 39.3 Å². The van der Waals surface area contributed by atoms with Crippen molar-refractivity contribution in [2.45, 2.75) is 13.0 Å². The number of carbonyl (C=O) groups is 1. The molecule has 116 valence electrons. The molecule has 0 unspecified atom stereocenters. The van der Waals surface area contributed by atoms with Gasteiger partial charge in [-0.3, -0.25) is 9.69 Å². The van der Waals surface area contributed by atoms with E-state index in [2.05, 4.69) is 52.3 Å². The molecule has 4 nitrogen and oxygen atoms in total. The quantitative estimate of drug-likeness (QED) is 0.921. The van der Waals surface area contributed by atoms with Crippen molar-refractivity contribution in [3.05, 3.63) is 48.0 Å². The third-order valence-electron chi connectivity index (χ3n) is 4.38. The van der Waals surface area contributed by atoms with Crippen LogP contribution in [0.15, 0.2) is 42.5 Å². The standard InChI is InChI=1S/C18H22N2O2/c21-18(22)8-9-19-10-12-20(13-11-19)14-16-6-3-5-15-4-1-2-7-17(15)16/h1-7H,8-14H2,(H,21,22). The smallest absolute Gasteiger partial charge is 0.304 e. The molecule has 1 saturated heterocycles. The predicted octanol–water partition coefficient (Wildman–Crippen LogP) is 2.43. The maximum absolute atomic E-state index is 10.6. The minimum absolute atomic E-state index is 0.239. The highest BCUT2D eigenvalue weighted by Crippen LogP contribution is 2.20. The molecule has 0 aromatic heterocycles. The van der Waals surface area contributed by atoms with Crippen molar-refractivity contribution in [2.24, 2.45) is 0 Å². The van der Waals surface area contributed by atoms with E-state index in [4.69, 9.17) is 5.11 Å². The molecule has 1 N–H and O–H groups in total. The van der Waals surface area contributed by atoms with Crippen molar-refractivity contribution in [1.29, 1.82) is 0 Å². The average molecular weight is 298 g/mol. The lowest BCUT2D eigenvalue weighted by Gasteiger charge is -2.34. The highest BCUT2D eigenvalue weighted by molar-refractivity contribution is 5.85. The van der Waals surface area contributed by atoms with Crippen LogP contribution in [0.25, 0.3) is 10.8 Å². The summed E-state index contributed by atoms with van der Waals surface area (Å²) in [7, 11) is 0. The molecule has 0 bridgehead atoms. The lowest BCUT2D eigenvalue weighted by atomic mass is 10.0. The molecule has 0 spiro atoms. The maximum atomic E-state index is 10.6. The number of hydrogen-bond acceptors (Lipinski definition) is 3. The third kappa shape index (κ3) is 3.64. The largest absolute Gasteiger partial charge is 0.481 e. The fourth-order valence-electron chi connectivity index (χ4n) is 3.10. The van der Waals surface area contributed by atoms with Gasteiger partial charge in [0.05, 0.1) is 6.42 Å². The van der Waals surface area contributed by atoms with E-state index in [9.17, 15) is 4.79 Å². The van der Waals surface area contributed by atoms with Gasteiger partial charge in [0.2, 0.25) is 0 Å². The minimum atomic E-state index is -0.710. The summed E-state index contributed by atoms with van der Waals surface area (Å²) in [5, 5.41) is 11.4. The van der Waals surface area contributed by atoms with Crippen LogP contribution < -0.4 is 0 Å². The summed E-state index contributed by atoms with van der Waals surface area (Å²) in [6, 6.07) is 15.0. The predicted molar refractivity (Wildman–Crippen MR) is 87.9 cm³/mol. The van der Waals surface area contributed by atoms with Gasteiger partial charge in [-0.2, -0.15) is 0 Å². The molecule has 0 amide bonds. The Morgan fingerprint density at radius 3 is 2.41 bits per heavy atom. The van der Waals surface area contributed by atoms with Crippen LogP contribution in [0.3, 0.4) is 0 Å². The highest BCUT2D eigenvalue weighted by Gasteiger charge is 2.17. The van der Waals surface area contributed by atoms with E-state index < -0.39 is 5.97 Å². The first-order valence-corrected chi connectivity index (χ1v) is 7.85. The summed E-state index contributed by atoms with van der Waals surface area (Å²) in [4.78, 5) is 15.3. The van der Waals surface area contributed by atoms with Crippen LogP contribution in [0.1, 0.15) is 12.0 Å². The molecule has 22 heavy (non-hydrogen) atoms. The normalized spacial score (nSPS) is 16.9. The second-order valence-electron chi connectivity index (χ2n) is 5.90. The van der Waals surface area contributed by atoms with E-state index in [1.54, 1.807) is 0 Å². The molecule has 1 aliphatic rings. The minimum Gasteiger partial charge on any atom is -0.481 e. The number of piperazine rings is 1. The highest BCUT2D eigenvalue weighted by atomic mass is 16.4. The first-order chi connectivity index (χ1) is 10.7. The Morgan fingerprint density at radius 2 is 1.64 bits per heavy atom. The second kappa shape index (κ2) is 6.90. The zero-order valence-corrected chi connectivity index (χ0v) is 12.7. The summed E-state index contributed by atoms with van der Waals surface area (Å²) in [5.74, 6) is -0.710. The molecule has 0 saturated carbocycles. The van der Waals surface area contributed by atoms with E-state index in [1.807, 2.05) is 0 Å². The molecule has 2 aromatic rings. The van der Waals surface area contributed by atoms with Gasteiger partial charge in [0.1, 0.15) is 0 Å². The van der Waals surface area contributed by atoms with Crippen molar-refractivity contribution >= 4 is 16.7 Å². The van der Waals surface area contributed by atoms with Crippen molar-refractivity contribution < 1.29 is 9.90 Å². The molecule has 3 rings (SSSR count). The zero-order chi connectivity index (χ0) is 15.4. The van der Waals surface area contributed by atoms with Crippen molar-refractivity contribution in [3.63, 3.8) is 0 Å². The number of hydrogen-bond donors (Lipinski definition) is 1. The van der Waals surface area contributed by atoms with Crippen LogP contribution in [0, 0.1) is 0 Å². The average Bonchev–Trinajstić information content (AvgIpc) is 2.54. The number of fused-ring (bicyclic) bond motifs is 1. The monoisotopic (exact) mass is 298 g/mol. The Morgan fingerprint density at radius 1 is 0.955 bits per heavy atom. The summed E-state index contributed by atoms with van der Waals surface area (Å²) >= 11 is 0. The SMILES string of the molecule is O=C(O)CCN1CCN(Cc2cccc3ccccc23)CC1. The summed E-state index contributed by atoms with van der Waals surface area (Å²) in [6.07, 6.45) is 0.239. The van der Waals surface area contributed by atoms with E-state index in [0.717, 1.165) is 32.7 Å². The van der Waals surface area contributed by atoms with Crippen LogP contribution in [0.5, 0.6) is 0 Å². The first-order valence-electron chi connectivity index (χ1n) is 7.85. The lowest BCUT2D eigenvalue weighted by molar-refractivity contribution is -0.137. The van der Waals surface area contributed by atoms with Crippen LogP contribution in [-0.4, -0.2) is 53.6 Å². The Hall–Kier alpha value is -1.91. The first kappa shape index (κ1) is 15.0. The summed E-state index contributed by atoms with van der Waals surface area (Å²) < 4.78 is 0. The topological polar surface area (TPSA) is 43.8 Å². The number of carboxylic acids is 1. The number of aliphatic carboxylic acids is 1. The van der Waals surface area contributed by atoms with Gasteiger partial charge < -0.3 is 10.0 Å². The molecule has 2 aromatic carbocycles. The van der Waals surface area contributed by atoms with Crippen LogP contribution in [-0.2, 0) is 11.3 Å². The number of benzene rings is 2. The Labute approximate surface area is 131 Å². The van der Waals surface area contributed by atoms with Gasteiger partial charge in [0.25, 0.3) is 0 Å². The van der Waals surface area contributed by atoms with Crippen LogP contribution in [0.4, 0.5) is 0 Å². The summed E-state index contributed by atoms with van der Waals surface area (Å²) in [5.41, 5.74) is 1.37. The van der Waals surface area contributed by atoms with Crippen LogP contribution in [0.2, 0.25) is 0 Å². The third-order valence-corrected chi connectivity index (χ3v) is 4.38. The van der Waals surface area contributed by atoms with E-state index in [0.29, 0.717) is 6.54 Å². The Balaban J connectivity index is 1.59. The number of nitrogens with zero attached hydrogens (tertiary/aromatic N) is 2. The molecular weight excluding hydrogens is 276 g/mol. The van der Waals surface area contributed by atoms with Crippen molar-refractivity contribution in [2.75, 3.05) is 32.7 Å². The lowest BCUT2D eigenvalue weighted by Crippen LogP contribution is -2.46. The summed E-state index contributed by atoms with van der Waals surface area (Å²) in [6.45, 7) is 5.55. The van der Waals surface area contributed by atoms with Gasteiger partial charge in [-0.25, -0.2) is 0 Å². The molecule has 4 heteroatoms. The Bertz CT molecular complexity index is 643. The number of rotatable bonds is 5. The molecular formula is C18H22N2O2. The van der Waals surface area contributed by atoms with Gasteiger partial charge in [0.15, 0.2) is 0 Å². The van der Waals surface area contributed by atoms with Crippen LogP contribution >= 0.6 is 0 Å². The van der Waals surface area contributed by atoms with Gasteiger partial charge in [-0.05, 0) is 16.3 Å². The second-order valence-corrected chi connectivity index (χ2v) is 5.90. The number of carboxylic acid groups (broad SMARTS) is 1. The van der Waals surface area contributed by atoms with Gasteiger partial charge in [-0.15, -0.1) is 0 Å². The maximum Gasteiger partial charge on any atom is 0.304 e. The van der Waals surface area contributed by atoms with E-state index in [-0.39, 0.29) is 6.42 Å². The molecule has 1 aliphatic heterocycles. The Kier molecular flexibility index (Phi) is 4.71. The van der Waals surface area contributed by atoms with Gasteiger partial charge in [-0.1, -0.05) is 42.5 Å². The fraction of sp³-hybridized carbons (Fsp3) is 0.389. The van der Waals surface area contributed by atoms with Crippen molar-refractivity contribution in [1.82, 2.24) is 9.80 Å². The molecule has 0 aliphatic carbocycles. The molecule has 1 heterocycles. The molecule has 0 radical (unpaired) electrons. The zero-order valence-electron chi connectivity index (χ0n) is 12.7. The van der Waals surface area contributed by atoms with Crippen molar-refractivity contribution in [3.8, 4) is 0 Å². The van der Waals surface area contributed by atoms with E-state index >= 15 is 0 Å².